The van der Waals surface area contributed by atoms with E-state index in [0.717, 1.165) is 17.0 Å². The molecule has 5 rings (SSSR count). The third kappa shape index (κ3) is 3.33. The van der Waals surface area contributed by atoms with Gasteiger partial charge in [0.1, 0.15) is 5.82 Å². The summed E-state index contributed by atoms with van der Waals surface area (Å²) in [6, 6.07) is 29.4. The van der Waals surface area contributed by atoms with Crippen LogP contribution in [0.3, 0.4) is 0 Å². The molecule has 0 radical (unpaired) electrons. The minimum absolute atomic E-state index is 0.172. The Hall–Kier alpha value is -3.59. The van der Waals surface area contributed by atoms with E-state index in [1.165, 1.54) is 21.5 Å². The van der Waals surface area contributed by atoms with Crippen LogP contribution in [0.15, 0.2) is 84.9 Å². The molecule has 0 unspecified atom stereocenters. The maximum Gasteiger partial charge on any atom is 0.163 e. The molecule has 1 aromatic heterocycles. The molecule has 1 heterocycles. The van der Waals surface area contributed by atoms with Gasteiger partial charge in [0, 0.05) is 16.5 Å². The van der Waals surface area contributed by atoms with E-state index >= 15 is 0 Å². The van der Waals surface area contributed by atoms with Crippen LogP contribution in [0.2, 0.25) is 0 Å². The second kappa shape index (κ2) is 7.03. The summed E-state index contributed by atoms with van der Waals surface area (Å²) in [6.07, 6.45) is 0. The topological polar surface area (TPSA) is 38.7 Å². The fraction of sp³-hybridized carbons (Fsp3) is 0.148. The molecule has 0 atom stereocenters. The maximum atomic E-state index is 4.85. The molecule has 0 fully saturated rings. The van der Waals surface area contributed by atoms with E-state index in [0.29, 0.717) is 11.6 Å². The summed E-state index contributed by atoms with van der Waals surface area (Å²) >= 11 is 0. The van der Waals surface area contributed by atoms with Gasteiger partial charge >= 0.3 is 0 Å². The Bertz CT molecular complexity index is 1370. The Morgan fingerprint density at radius 1 is 0.533 bits per heavy atom. The molecule has 3 nitrogen and oxygen atoms in total. The van der Waals surface area contributed by atoms with E-state index in [9.17, 15) is 0 Å². The molecular formula is C27H23N3. The first kappa shape index (κ1) is 18.4. The number of hydrogen-bond donors (Lipinski definition) is 0. The molecule has 0 bridgehead atoms. The molecule has 0 amide bonds. The summed E-state index contributed by atoms with van der Waals surface area (Å²) in [7, 11) is 0. The fourth-order valence-corrected chi connectivity index (χ4v) is 3.71. The fourth-order valence-electron chi connectivity index (χ4n) is 3.71. The third-order valence-electron chi connectivity index (χ3n) is 5.34. The van der Waals surface area contributed by atoms with Crippen LogP contribution in [0.5, 0.6) is 0 Å². The van der Waals surface area contributed by atoms with Gasteiger partial charge in [0.2, 0.25) is 0 Å². The van der Waals surface area contributed by atoms with E-state index in [1.807, 2.05) is 30.3 Å². The lowest BCUT2D eigenvalue weighted by Gasteiger charge is -2.18. The molecule has 0 N–H and O–H groups in total. The van der Waals surface area contributed by atoms with E-state index in [2.05, 4.69) is 75.4 Å². The Kier molecular flexibility index (Phi) is 4.32. The van der Waals surface area contributed by atoms with Crippen molar-refractivity contribution in [3.8, 4) is 22.8 Å². The van der Waals surface area contributed by atoms with Crippen LogP contribution in [-0.4, -0.2) is 15.0 Å². The Morgan fingerprint density at radius 2 is 1.17 bits per heavy atom. The summed E-state index contributed by atoms with van der Waals surface area (Å²) in [6.45, 7) is 6.40. The summed E-state index contributed by atoms with van der Waals surface area (Å²) < 4.78 is 0. The number of hydrogen-bond acceptors (Lipinski definition) is 3. The SMILES string of the molecule is CC(C)(C)c1nc(-c2ccccc2)nc(-c2ccc3c(ccc4ccccc43)c2)n1. The minimum Gasteiger partial charge on any atom is -0.212 e. The van der Waals surface area contributed by atoms with Crippen molar-refractivity contribution in [1.82, 2.24) is 15.0 Å². The summed E-state index contributed by atoms with van der Waals surface area (Å²) in [5.41, 5.74) is 1.83. The van der Waals surface area contributed by atoms with Gasteiger partial charge in [-0.05, 0) is 27.6 Å². The van der Waals surface area contributed by atoms with Crippen molar-refractivity contribution in [2.24, 2.45) is 0 Å². The highest BCUT2D eigenvalue weighted by molar-refractivity contribution is 6.08. The van der Waals surface area contributed by atoms with Crippen molar-refractivity contribution in [3.05, 3.63) is 90.8 Å². The smallest absolute Gasteiger partial charge is 0.163 e. The maximum absolute atomic E-state index is 4.85. The zero-order chi connectivity index (χ0) is 20.7. The second-order valence-electron chi connectivity index (χ2n) is 8.64. The van der Waals surface area contributed by atoms with Crippen molar-refractivity contribution in [1.29, 1.82) is 0 Å². The molecule has 0 saturated carbocycles. The first-order valence-corrected chi connectivity index (χ1v) is 10.2. The molecule has 0 aliphatic carbocycles. The molecule has 0 spiro atoms. The normalized spacial score (nSPS) is 11.8. The van der Waals surface area contributed by atoms with Crippen molar-refractivity contribution in [3.63, 3.8) is 0 Å². The number of aromatic nitrogens is 3. The van der Waals surface area contributed by atoms with Crippen LogP contribution in [0.4, 0.5) is 0 Å². The van der Waals surface area contributed by atoms with Crippen LogP contribution in [-0.2, 0) is 5.41 Å². The molecular weight excluding hydrogens is 366 g/mol. The van der Waals surface area contributed by atoms with Crippen LogP contribution < -0.4 is 0 Å². The zero-order valence-corrected chi connectivity index (χ0v) is 17.4. The molecule has 0 saturated heterocycles. The summed E-state index contributed by atoms with van der Waals surface area (Å²) in [4.78, 5) is 14.5. The van der Waals surface area contributed by atoms with Gasteiger partial charge in [0.15, 0.2) is 11.6 Å². The van der Waals surface area contributed by atoms with Gasteiger partial charge in [-0.15, -0.1) is 0 Å². The number of fused-ring (bicyclic) bond motifs is 3. The largest absolute Gasteiger partial charge is 0.212 e. The lowest BCUT2D eigenvalue weighted by atomic mass is 9.95. The third-order valence-corrected chi connectivity index (χ3v) is 5.34. The summed E-state index contributed by atoms with van der Waals surface area (Å²) in [5, 5.41) is 4.94. The zero-order valence-electron chi connectivity index (χ0n) is 17.4. The van der Waals surface area contributed by atoms with Crippen LogP contribution in [0, 0.1) is 0 Å². The van der Waals surface area contributed by atoms with E-state index in [1.54, 1.807) is 0 Å². The minimum atomic E-state index is -0.172. The average Bonchev–Trinajstić information content (AvgIpc) is 2.78. The van der Waals surface area contributed by atoms with Gasteiger partial charge in [-0.1, -0.05) is 99.6 Å². The standard InChI is InChI=1S/C27H23N3/c1-27(2,3)26-29-24(19-10-5-4-6-11-19)28-25(30-26)21-15-16-23-20(17-21)14-13-18-9-7-8-12-22(18)23/h4-17H,1-3H3. The van der Waals surface area contributed by atoms with Crippen molar-refractivity contribution >= 4 is 21.5 Å². The predicted molar refractivity (Wildman–Crippen MR) is 124 cm³/mol. The average molecular weight is 390 g/mol. The monoisotopic (exact) mass is 389 g/mol. The Morgan fingerprint density at radius 3 is 1.93 bits per heavy atom. The van der Waals surface area contributed by atoms with Crippen LogP contribution in [0.1, 0.15) is 26.6 Å². The quantitative estimate of drug-likeness (QED) is 0.311. The molecule has 0 aliphatic rings. The molecule has 4 aromatic carbocycles. The highest BCUT2D eigenvalue weighted by atomic mass is 15.0. The molecule has 146 valence electrons. The van der Waals surface area contributed by atoms with Crippen molar-refractivity contribution in [2.75, 3.05) is 0 Å². The van der Waals surface area contributed by atoms with Gasteiger partial charge in [-0.3, -0.25) is 0 Å². The Labute approximate surface area is 176 Å². The number of nitrogens with zero attached hydrogens (tertiary/aromatic N) is 3. The van der Waals surface area contributed by atoms with E-state index < -0.39 is 0 Å². The second-order valence-corrected chi connectivity index (χ2v) is 8.64. The highest BCUT2D eigenvalue weighted by Gasteiger charge is 2.21. The van der Waals surface area contributed by atoms with E-state index in [4.69, 9.17) is 15.0 Å². The lowest BCUT2D eigenvalue weighted by molar-refractivity contribution is 0.543. The molecule has 3 heteroatoms. The van der Waals surface area contributed by atoms with Crippen molar-refractivity contribution < 1.29 is 0 Å². The summed E-state index contributed by atoms with van der Waals surface area (Å²) in [5.74, 6) is 2.22. The van der Waals surface area contributed by atoms with Gasteiger partial charge in [-0.2, -0.15) is 0 Å². The first-order valence-electron chi connectivity index (χ1n) is 10.2. The van der Waals surface area contributed by atoms with E-state index in [-0.39, 0.29) is 5.41 Å². The van der Waals surface area contributed by atoms with Gasteiger partial charge in [0.05, 0.1) is 0 Å². The molecule has 0 aliphatic heterocycles. The Balaban J connectivity index is 1.71. The lowest BCUT2D eigenvalue weighted by Crippen LogP contribution is -2.18. The molecule has 5 aromatic rings. The van der Waals surface area contributed by atoms with Gasteiger partial charge in [0.25, 0.3) is 0 Å². The van der Waals surface area contributed by atoms with Crippen molar-refractivity contribution in [2.45, 2.75) is 26.2 Å². The number of benzene rings is 4. The van der Waals surface area contributed by atoms with Gasteiger partial charge < -0.3 is 0 Å². The first-order chi connectivity index (χ1) is 14.5. The predicted octanol–water partition coefficient (Wildman–Crippen LogP) is 6.81. The van der Waals surface area contributed by atoms with Crippen LogP contribution in [0.25, 0.3) is 44.3 Å². The molecule has 30 heavy (non-hydrogen) atoms. The number of rotatable bonds is 2. The van der Waals surface area contributed by atoms with Gasteiger partial charge in [-0.25, -0.2) is 15.0 Å². The van der Waals surface area contributed by atoms with Crippen LogP contribution >= 0.6 is 0 Å². The highest BCUT2D eigenvalue weighted by Crippen LogP contribution is 2.30.